The summed E-state index contributed by atoms with van der Waals surface area (Å²) in [4.78, 5) is 23.0. The second-order valence-electron chi connectivity index (χ2n) is 5.99. The molecule has 0 fully saturated rings. The van der Waals surface area contributed by atoms with Gasteiger partial charge in [-0.25, -0.2) is 13.2 Å². The summed E-state index contributed by atoms with van der Waals surface area (Å²) in [6, 6.07) is 0. The lowest BCUT2D eigenvalue weighted by atomic mass is 10.1. The molecule has 0 radical (unpaired) electrons. The third kappa shape index (κ3) is 7.15. The van der Waals surface area contributed by atoms with Crippen LogP contribution in [0, 0.1) is 29.1 Å². The molecule has 0 spiro atoms. The van der Waals surface area contributed by atoms with Crippen LogP contribution in [0.4, 0.5) is 22.0 Å². The maximum absolute atomic E-state index is 13.4. The first-order chi connectivity index (χ1) is 12.8. The molecule has 1 rings (SSSR count). The summed E-state index contributed by atoms with van der Waals surface area (Å²) in [7, 11) is 0. The van der Waals surface area contributed by atoms with Crippen LogP contribution < -0.4 is 10.1 Å². The smallest absolute Gasteiger partial charge is 0.311 e. The van der Waals surface area contributed by atoms with Gasteiger partial charge in [0.15, 0.2) is 0 Å². The van der Waals surface area contributed by atoms with Gasteiger partial charge in [0.2, 0.25) is 40.7 Å². The van der Waals surface area contributed by atoms with Gasteiger partial charge in [0.1, 0.15) is 0 Å². The Bertz CT molecular complexity index is 638. The van der Waals surface area contributed by atoms with Crippen molar-refractivity contribution in [3.63, 3.8) is 0 Å². The Morgan fingerprint density at radius 1 is 0.778 bits per heavy atom. The van der Waals surface area contributed by atoms with E-state index in [0.29, 0.717) is 38.6 Å². The zero-order chi connectivity index (χ0) is 20.4. The van der Waals surface area contributed by atoms with E-state index < -0.39 is 40.8 Å². The Hall–Kier alpha value is -2.19. The number of carbonyl (C=O) groups excluding carboxylic acids is 2. The van der Waals surface area contributed by atoms with Crippen molar-refractivity contribution < 1.29 is 36.3 Å². The largest absolute Gasteiger partial charge is 0.420 e. The van der Waals surface area contributed by atoms with E-state index in [4.69, 9.17) is 0 Å². The van der Waals surface area contributed by atoms with E-state index in [-0.39, 0.29) is 12.3 Å². The highest BCUT2D eigenvalue weighted by atomic mass is 19.2. The first kappa shape index (κ1) is 22.9. The van der Waals surface area contributed by atoms with Gasteiger partial charge in [-0.3, -0.25) is 9.59 Å². The molecule has 0 bridgehead atoms. The van der Waals surface area contributed by atoms with E-state index in [2.05, 4.69) is 10.1 Å². The van der Waals surface area contributed by atoms with Crippen molar-refractivity contribution in [2.24, 2.45) is 0 Å². The number of hydrogen-bond donors (Lipinski definition) is 1. The van der Waals surface area contributed by atoms with Crippen LogP contribution in [0.3, 0.4) is 0 Å². The molecule has 1 amide bonds. The van der Waals surface area contributed by atoms with Crippen molar-refractivity contribution in [3.05, 3.63) is 29.1 Å². The number of nitrogens with one attached hydrogen (secondary N) is 1. The molecular formula is C18H22F5NO3. The second-order valence-corrected chi connectivity index (χ2v) is 5.99. The summed E-state index contributed by atoms with van der Waals surface area (Å²) in [5, 5.41) is 2.77. The second kappa shape index (κ2) is 11.5. The summed E-state index contributed by atoms with van der Waals surface area (Å²) in [5.41, 5.74) is 0. The maximum Gasteiger partial charge on any atom is 0.311 e. The van der Waals surface area contributed by atoms with Crippen molar-refractivity contribution >= 4 is 11.9 Å². The zero-order valence-electron chi connectivity index (χ0n) is 15.0. The fraction of sp³-hybridized carbons (Fsp3) is 0.556. The van der Waals surface area contributed by atoms with Gasteiger partial charge in [0.05, 0.1) is 0 Å². The molecule has 4 nitrogen and oxygen atoms in total. The van der Waals surface area contributed by atoms with Crippen LogP contribution in [0.15, 0.2) is 0 Å². The van der Waals surface area contributed by atoms with Gasteiger partial charge < -0.3 is 10.1 Å². The number of hydrogen-bond acceptors (Lipinski definition) is 3. The molecule has 9 heteroatoms. The SMILES string of the molecule is CCCCNC(=O)CCCCCCC(=O)Oc1c(F)c(F)c(F)c(F)c1F. The molecule has 1 N–H and O–H groups in total. The highest BCUT2D eigenvalue weighted by molar-refractivity contribution is 5.75. The fourth-order valence-corrected chi connectivity index (χ4v) is 2.24. The minimum atomic E-state index is -2.32. The molecule has 1 aromatic carbocycles. The molecule has 0 atom stereocenters. The standard InChI is InChI=1S/C18H22F5NO3/c1-2-3-10-24-11(25)8-6-4-5-7-9-12(26)27-18-16(22)14(20)13(19)15(21)17(18)23/h2-10H2,1H3,(H,24,25). The lowest BCUT2D eigenvalue weighted by Crippen LogP contribution is -2.23. The summed E-state index contributed by atoms with van der Waals surface area (Å²) >= 11 is 0. The number of ether oxygens (including phenoxy) is 1. The highest BCUT2D eigenvalue weighted by Crippen LogP contribution is 2.29. The van der Waals surface area contributed by atoms with Gasteiger partial charge in [-0.1, -0.05) is 26.2 Å². The molecular weight excluding hydrogens is 373 g/mol. The number of rotatable bonds is 11. The van der Waals surface area contributed by atoms with Crippen molar-refractivity contribution in [1.82, 2.24) is 5.32 Å². The van der Waals surface area contributed by atoms with Gasteiger partial charge in [0, 0.05) is 19.4 Å². The fourth-order valence-electron chi connectivity index (χ4n) is 2.24. The van der Waals surface area contributed by atoms with Gasteiger partial charge in [-0.2, -0.15) is 8.78 Å². The van der Waals surface area contributed by atoms with E-state index in [9.17, 15) is 31.5 Å². The Morgan fingerprint density at radius 2 is 1.30 bits per heavy atom. The minimum Gasteiger partial charge on any atom is -0.420 e. The predicted octanol–water partition coefficient (Wildman–Crippen LogP) is 4.54. The molecule has 0 unspecified atom stereocenters. The van der Waals surface area contributed by atoms with E-state index in [1.54, 1.807) is 0 Å². The number of halogens is 5. The summed E-state index contributed by atoms with van der Waals surface area (Å²) in [5.74, 6) is -13.8. The van der Waals surface area contributed by atoms with Crippen molar-refractivity contribution in [3.8, 4) is 5.75 Å². The average molecular weight is 395 g/mol. The normalized spacial score (nSPS) is 10.7. The topological polar surface area (TPSA) is 55.4 Å². The molecule has 0 aliphatic rings. The Morgan fingerprint density at radius 3 is 1.85 bits per heavy atom. The molecule has 0 aromatic heterocycles. The van der Waals surface area contributed by atoms with Gasteiger partial charge in [-0.15, -0.1) is 0 Å². The van der Waals surface area contributed by atoms with E-state index in [1.165, 1.54) is 0 Å². The van der Waals surface area contributed by atoms with E-state index in [0.717, 1.165) is 12.8 Å². The number of amides is 1. The summed E-state index contributed by atoms with van der Waals surface area (Å²) < 4.78 is 70.0. The van der Waals surface area contributed by atoms with Crippen LogP contribution in [-0.4, -0.2) is 18.4 Å². The van der Waals surface area contributed by atoms with Crippen molar-refractivity contribution in [2.75, 3.05) is 6.54 Å². The van der Waals surface area contributed by atoms with Crippen LogP contribution >= 0.6 is 0 Å². The van der Waals surface area contributed by atoms with Crippen LogP contribution in [0.1, 0.15) is 58.3 Å². The number of unbranched alkanes of at least 4 members (excludes halogenated alkanes) is 4. The van der Waals surface area contributed by atoms with Crippen molar-refractivity contribution in [2.45, 2.75) is 58.3 Å². The molecule has 27 heavy (non-hydrogen) atoms. The molecule has 0 heterocycles. The van der Waals surface area contributed by atoms with Crippen LogP contribution in [-0.2, 0) is 9.59 Å². The zero-order valence-corrected chi connectivity index (χ0v) is 15.0. The first-order valence-corrected chi connectivity index (χ1v) is 8.78. The van der Waals surface area contributed by atoms with E-state index >= 15 is 0 Å². The molecule has 0 aliphatic carbocycles. The summed E-state index contributed by atoms with van der Waals surface area (Å²) in [6.45, 7) is 2.65. The van der Waals surface area contributed by atoms with Gasteiger partial charge in [0.25, 0.3) is 0 Å². The van der Waals surface area contributed by atoms with Gasteiger partial charge >= 0.3 is 5.97 Å². The Labute approximate surface area is 154 Å². The van der Waals surface area contributed by atoms with Crippen LogP contribution in [0.5, 0.6) is 5.75 Å². The maximum atomic E-state index is 13.4. The predicted molar refractivity (Wildman–Crippen MR) is 87.5 cm³/mol. The average Bonchev–Trinajstić information content (AvgIpc) is 2.65. The minimum absolute atomic E-state index is 0.0471. The highest BCUT2D eigenvalue weighted by Gasteiger charge is 2.28. The third-order valence-corrected chi connectivity index (χ3v) is 3.77. The summed E-state index contributed by atoms with van der Waals surface area (Å²) in [6.07, 6.45) is 4.13. The number of benzene rings is 1. The van der Waals surface area contributed by atoms with Gasteiger partial charge in [-0.05, 0) is 19.3 Å². The van der Waals surface area contributed by atoms with Crippen LogP contribution in [0.25, 0.3) is 0 Å². The third-order valence-electron chi connectivity index (χ3n) is 3.77. The van der Waals surface area contributed by atoms with Crippen LogP contribution in [0.2, 0.25) is 0 Å². The molecule has 0 aliphatic heterocycles. The molecule has 0 saturated heterocycles. The lowest BCUT2D eigenvalue weighted by molar-refractivity contribution is -0.135. The molecule has 152 valence electrons. The van der Waals surface area contributed by atoms with Crippen molar-refractivity contribution in [1.29, 1.82) is 0 Å². The Kier molecular flexibility index (Phi) is 9.74. The molecule has 1 aromatic rings. The monoisotopic (exact) mass is 395 g/mol. The Balaban J connectivity index is 2.32. The van der Waals surface area contributed by atoms with E-state index in [1.807, 2.05) is 6.92 Å². The molecule has 0 saturated carbocycles. The quantitative estimate of drug-likeness (QED) is 0.149. The first-order valence-electron chi connectivity index (χ1n) is 8.78. The number of carbonyl (C=O) groups is 2. The number of esters is 1. The lowest BCUT2D eigenvalue weighted by Gasteiger charge is -2.08.